The van der Waals surface area contributed by atoms with E-state index in [1.165, 1.54) is 5.56 Å². The minimum absolute atomic E-state index is 0.0274. The van der Waals surface area contributed by atoms with E-state index >= 15 is 0 Å². The third-order valence-electron chi connectivity index (χ3n) is 5.57. The van der Waals surface area contributed by atoms with Crippen LogP contribution >= 0.6 is 0 Å². The van der Waals surface area contributed by atoms with Gasteiger partial charge in [0, 0.05) is 24.5 Å². The van der Waals surface area contributed by atoms with Crippen molar-refractivity contribution in [2.75, 3.05) is 6.61 Å². The Morgan fingerprint density at radius 2 is 1.53 bits per heavy atom. The first-order chi connectivity index (χ1) is 14.5. The highest BCUT2D eigenvalue weighted by atomic mass is 16.5. The van der Waals surface area contributed by atoms with E-state index in [-0.39, 0.29) is 18.6 Å². The van der Waals surface area contributed by atoms with Gasteiger partial charge in [-0.3, -0.25) is 4.79 Å². The summed E-state index contributed by atoms with van der Waals surface area (Å²) in [4.78, 5) is 15.0. The molecule has 1 atom stereocenters. The van der Waals surface area contributed by atoms with Crippen LogP contribution in [0.15, 0.2) is 79.0 Å². The quantitative estimate of drug-likeness (QED) is 0.470. The van der Waals surface area contributed by atoms with Gasteiger partial charge in [0.25, 0.3) is 0 Å². The van der Waals surface area contributed by atoms with Crippen molar-refractivity contribution in [3.8, 4) is 0 Å². The lowest BCUT2D eigenvalue weighted by atomic mass is 10.0. The monoisotopic (exact) mass is 404 g/mol. The molecule has 0 saturated carbocycles. The van der Waals surface area contributed by atoms with Crippen LogP contribution in [0.1, 0.15) is 37.6 Å². The molecular formula is C26H32N2O2. The summed E-state index contributed by atoms with van der Waals surface area (Å²) in [6, 6.07) is 24.6. The summed E-state index contributed by atoms with van der Waals surface area (Å²) < 4.78 is 7.96. The second-order valence-corrected chi connectivity index (χ2v) is 8.10. The van der Waals surface area contributed by atoms with Crippen molar-refractivity contribution >= 4 is 5.91 Å². The number of hydrogen-bond acceptors (Lipinski definition) is 2. The third-order valence-corrected chi connectivity index (χ3v) is 5.57. The molecule has 0 radical (unpaired) electrons. The van der Waals surface area contributed by atoms with Crippen LogP contribution in [0.5, 0.6) is 0 Å². The Balaban J connectivity index is 1.67. The molecule has 3 rings (SSSR count). The summed E-state index contributed by atoms with van der Waals surface area (Å²) in [5, 5.41) is 0. The Hall–Kier alpha value is -2.85. The van der Waals surface area contributed by atoms with Gasteiger partial charge in [0.2, 0.25) is 5.91 Å². The average molecular weight is 405 g/mol. The highest BCUT2D eigenvalue weighted by Crippen LogP contribution is 2.17. The summed E-state index contributed by atoms with van der Waals surface area (Å²) in [6.07, 6.45) is 2.08. The molecule has 0 fully saturated rings. The Bertz CT molecular complexity index is 903. The van der Waals surface area contributed by atoms with E-state index in [0.717, 1.165) is 17.8 Å². The number of benzene rings is 2. The molecule has 30 heavy (non-hydrogen) atoms. The number of ether oxygens (including phenoxy) is 1. The Kier molecular flexibility index (Phi) is 7.86. The van der Waals surface area contributed by atoms with Crippen LogP contribution in [-0.4, -0.2) is 28.0 Å². The van der Waals surface area contributed by atoms with Crippen molar-refractivity contribution in [3.05, 3.63) is 95.8 Å². The number of rotatable bonds is 10. The SMILES string of the molecule is CC(C)C(C)N(Cc1cccn1Cc1ccccc1)C(=O)COCc1ccccc1. The van der Waals surface area contributed by atoms with Gasteiger partial charge < -0.3 is 14.2 Å². The van der Waals surface area contributed by atoms with Gasteiger partial charge in [-0.1, -0.05) is 74.5 Å². The van der Waals surface area contributed by atoms with Gasteiger partial charge in [-0.15, -0.1) is 0 Å². The lowest BCUT2D eigenvalue weighted by Crippen LogP contribution is -2.43. The second-order valence-electron chi connectivity index (χ2n) is 8.10. The molecule has 0 aliphatic rings. The van der Waals surface area contributed by atoms with Crippen molar-refractivity contribution in [2.45, 2.75) is 46.5 Å². The van der Waals surface area contributed by atoms with E-state index < -0.39 is 0 Å². The first kappa shape index (κ1) is 21.8. The molecule has 0 spiro atoms. The number of hydrogen-bond donors (Lipinski definition) is 0. The maximum atomic E-state index is 13.1. The Morgan fingerprint density at radius 3 is 2.17 bits per heavy atom. The van der Waals surface area contributed by atoms with Crippen molar-refractivity contribution in [3.63, 3.8) is 0 Å². The van der Waals surface area contributed by atoms with Gasteiger partial charge in [-0.05, 0) is 36.1 Å². The van der Waals surface area contributed by atoms with Crippen molar-refractivity contribution < 1.29 is 9.53 Å². The van der Waals surface area contributed by atoms with Gasteiger partial charge in [0.15, 0.2) is 0 Å². The molecule has 0 bridgehead atoms. The van der Waals surface area contributed by atoms with E-state index in [9.17, 15) is 4.79 Å². The zero-order valence-corrected chi connectivity index (χ0v) is 18.2. The summed E-state index contributed by atoms with van der Waals surface area (Å²) in [6.45, 7) is 8.33. The number of carbonyl (C=O) groups excluding carboxylic acids is 1. The minimum Gasteiger partial charge on any atom is -0.367 e. The van der Waals surface area contributed by atoms with E-state index in [1.807, 2.05) is 47.4 Å². The van der Waals surface area contributed by atoms with Crippen LogP contribution in [0.2, 0.25) is 0 Å². The predicted molar refractivity (Wildman–Crippen MR) is 121 cm³/mol. The van der Waals surface area contributed by atoms with Crippen LogP contribution in [0.25, 0.3) is 0 Å². The average Bonchev–Trinajstić information content (AvgIpc) is 3.19. The van der Waals surface area contributed by atoms with E-state index in [0.29, 0.717) is 19.1 Å². The fraction of sp³-hybridized carbons (Fsp3) is 0.346. The molecule has 2 aromatic carbocycles. The van der Waals surface area contributed by atoms with Crippen LogP contribution in [0, 0.1) is 5.92 Å². The largest absolute Gasteiger partial charge is 0.367 e. The van der Waals surface area contributed by atoms with Crippen LogP contribution in [0.3, 0.4) is 0 Å². The first-order valence-electron chi connectivity index (χ1n) is 10.6. The standard InChI is InChI=1S/C26H32N2O2/c1-21(2)22(3)28(26(29)20-30-19-24-13-8-5-9-14-24)18-25-15-10-16-27(25)17-23-11-6-4-7-12-23/h4-16,21-22H,17-20H2,1-3H3. The van der Waals surface area contributed by atoms with Gasteiger partial charge in [0.05, 0.1) is 13.2 Å². The van der Waals surface area contributed by atoms with Gasteiger partial charge in [-0.2, -0.15) is 0 Å². The topological polar surface area (TPSA) is 34.5 Å². The maximum absolute atomic E-state index is 13.1. The van der Waals surface area contributed by atoms with Crippen LogP contribution < -0.4 is 0 Å². The number of nitrogens with zero attached hydrogens (tertiary/aromatic N) is 2. The Labute approximate surface area is 180 Å². The van der Waals surface area contributed by atoms with Crippen LogP contribution in [0.4, 0.5) is 0 Å². The number of amides is 1. The molecule has 0 N–H and O–H groups in total. The highest BCUT2D eigenvalue weighted by Gasteiger charge is 2.24. The van der Waals surface area contributed by atoms with Gasteiger partial charge >= 0.3 is 0 Å². The molecular weight excluding hydrogens is 372 g/mol. The first-order valence-corrected chi connectivity index (χ1v) is 10.6. The van der Waals surface area contributed by atoms with Crippen molar-refractivity contribution in [2.24, 2.45) is 5.92 Å². The summed E-state index contributed by atoms with van der Waals surface area (Å²) in [5.41, 5.74) is 3.45. The molecule has 4 heteroatoms. The van der Waals surface area contributed by atoms with Crippen molar-refractivity contribution in [1.29, 1.82) is 0 Å². The number of aromatic nitrogens is 1. The van der Waals surface area contributed by atoms with Gasteiger partial charge in [0.1, 0.15) is 6.61 Å². The maximum Gasteiger partial charge on any atom is 0.249 e. The second kappa shape index (κ2) is 10.8. The molecule has 0 aliphatic carbocycles. The zero-order chi connectivity index (χ0) is 21.3. The molecule has 3 aromatic rings. The smallest absolute Gasteiger partial charge is 0.249 e. The van der Waals surface area contributed by atoms with E-state index in [4.69, 9.17) is 4.74 Å². The number of carbonyl (C=O) groups is 1. The minimum atomic E-state index is 0.0274. The molecule has 0 aliphatic heterocycles. The molecule has 1 amide bonds. The van der Waals surface area contributed by atoms with E-state index in [1.54, 1.807) is 0 Å². The normalized spacial score (nSPS) is 12.1. The third kappa shape index (κ3) is 6.07. The molecule has 1 aromatic heterocycles. The lowest BCUT2D eigenvalue weighted by Gasteiger charge is -2.32. The summed E-state index contributed by atoms with van der Waals surface area (Å²) >= 11 is 0. The van der Waals surface area contributed by atoms with E-state index in [2.05, 4.69) is 61.9 Å². The zero-order valence-electron chi connectivity index (χ0n) is 18.2. The molecule has 1 unspecified atom stereocenters. The van der Waals surface area contributed by atoms with Crippen LogP contribution in [-0.2, 0) is 29.2 Å². The molecule has 0 saturated heterocycles. The lowest BCUT2D eigenvalue weighted by molar-refractivity contribution is -0.140. The summed E-state index contributed by atoms with van der Waals surface area (Å²) in [5.74, 6) is 0.389. The van der Waals surface area contributed by atoms with Gasteiger partial charge in [-0.25, -0.2) is 0 Å². The highest BCUT2D eigenvalue weighted by molar-refractivity contribution is 5.77. The molecule has 1 heterocycles. The predicted octanol–water partition coefficient (Wildman–Crippen LogP) is 5.13. The van der Waals surface area contributed by atoms with Crippen molar-refractivity contribution in [1.82, 2.24) is 9.47 Å². The molecule has 158 valence electrons. The molecule has 4 nitrogen and oxygen atoms in total. The fourth-order valence-corrected chi connectivity index (χ4v) is 3.43. The summed E-state index contributed by atoms with van der Waals surface area (Å²) in [7, 11) is 0. The Morgan fingerprint density at radius 1 is 0.900 bits per heavy atom. The fourth-order valence-electron chi connectivity index (χ4n) is 3.43.